The van der Waals surface area contributed by atoms with Crippen LogP contribution in [0.4, 0.5) is 11.5 Å². The molecular formula is C40H37ClN6O3. The highest BCUT2D eigenvalue weighted by molar-refractivity contribution is 6.33. The fourth-order valence-corrected chi connectivity index (χ4v) is 7.16. The molecule has 10 heteroatoms. The first-order chi connectivity index (χ1) is 24.3. The van der Waals surface area contributed by atoms with Crippen LogP contribution in [0.1, 0.15) is 35.7 Å². The van der Waals surface area contributed by atoms with Crippen LogP contribution in [0.3, 0.4) is 0 Å². The van der Waals surface area contributed by atoms with Crippen LogP contribution in [-0.4, -0.2) is 63.0 Å². The molecule has 4 aromatic carbocycles. The number of carbonyl (C=O) groups excluding carboxylic acids is 2. The average molecular weight is 685 g/mol. The van der Waals surface area contributed by atoms with E-state index in [1.54, 1.807) is 0 Å². The fourth-order valence-electron chi connectivity index (χ4n) is 6.92. The summed E-state index contributed by atoms with van der Waals surface area (Å²) in [7, 11) is 0. The first kappa shape index (κ1) is 33.0. The highest BCUT2D eigenvalue weighted by Crippen LogP contribution is 2.43. The Bertz CT molecular complexity index is 2160. The number of aliphatic hydroxyl groups is 1. The quantitative estimate of drug-likeness (QED) is 0.147. The Morgan fingerprint density at radius 3 is 2.34 bits per heavy atom. The number of amides is 2. The van der Waals surface area contributed by atoms with Crippen LogP contribution in [0.15, 0.2) is 116 Å². The van der Waals surface area contributed by atoms with Gasteiger partial charge in [0.2, 0.25) is 5.91 Å². The first-order valence-corrected chi connectivity index (χ1v) is 17.1. The van der Waals surface area contributed by atoms with Crippen molar-refractivity contribution in [1.29, 1.82) is 0 Å². The van der Waals surface area contributed by atoms with E-state index in [0.29, 0.717) is 66.8 Å². The average Bonchev–Trinajstić information content (AvgIpc) is 3.63. The molecule has 0 unspecified atom stereocenters. The van der Waals surface area contributed by atoms with Crippen molar-refractivity contribution in [3.63, 3.8) is 0 Å². The van der Waals surface area contributed by atoms with Gasteiger partial charge in [0.05, 0.1) is 22.2 Å². The summed E-state index contributed by atoms with van der Waals surface area (Å²) >= 11 is 6.59. The van der Waals surface area contributed by atoms with Gasteiger partial charge in [0, 0.05) is 55.4 Å². The monoisotopic (exact) mass is 684 g/mol. The van der Waals surface area contributed by atoms with Crippen LogP contribution in [0.2, 0.25) is 5.02 Å². The van der Waals surface area contributed by atoms with Crippen molar-refractivity contribution in [3.05, 3.63) is 132 Å². The number of aromatic amines is 1. The van der Waals surface area contributed by atoms with Crippen LogP contribution in [-0.2, 0) is 10.4 Å². The summed E-state index contributed by atoms with van der Waals surface area (Å²) in [6, 6.07) is 33.0. The third kappa shape index (κ3) is 6.45. The number of carbonyl (C=O) groups is 2. The largest absolute Gasteiger partial charge is 0.385 e. The zero-order valence-electron chi connectivity index (χ0n) is 27.6. The summed E-state index contributed by atoms with van der Waals surface area (Å²) in [5.74, 6) is 0.315. The number of anilines is 2. The van der Waals surface area contributed by atoms with Crippen molar-refractivity contribution in [2.75, 3.05) is 31.1 Å². The highest BCUT2D eigenvalue weighted by Gasteiger charge is 2.38. The second-order valence-corrected chi connectivity index (χ2v) is 12.9. The number of hydrogen-bond acceptors (Lipinski definition) is 6. The van der Waals surface area contributed by atoms with Crippen LogP contribution >= 0.6 is 11.6 Å². The van der Waals surface area contributed by atoms with Crippen molar-refractivity contribution in [2.24, 2.45) is 0 Å². The zero-order chi connectivity index (χ0) is 34.7. The molecule has 1 saturated heterocycles. The van der Waals surface area contributed by atoms with Gasteiger partial charge < -0.3 is 25.2 Å². The predicted octanol–water partition coefficient (Wildman–Crippen LogP) is 7.34. The van der Waals surface area contributed by atoms with E-state index in [-0.39, 0.29) is 11.8 Å². The second kappa shape index (κ2) is 14.2. The van der Waals surface area contributed by atoms with Crippen molar-refractivity contribution >= 4 is 46.0 Å². The Balaban J connectivity index is 1.27. The molecule has 1 fully saturated rings. The molecule has 50 heavy (non-hydrogen) atoms. The zero-order valence-corrected chi connectivity index (χ0v) is 28.4. The van der Waals surface area contributed by atoms with Crippen molar-refractivity contribution < 1.29 is 14.7 Å². The van der Waals surface area contributed by atoms with Gasteiger partial charge in [-0.05, 0) is 47.7 Å². The molecule has 1 aliphatic rings. The normalized spacial score (nSPS) is 14.0. The van der Waals surface area contributed by atoms with Crippen molar-refractivity contribution in [3.8, 4) is 22.3 Å². The van der Waals surface area contributed by atoms with Crippen LogP contribution in [0, 0.1) is 0 Å². The molecule has 2 aromatic heterocycles. The number of aromatic nitrogens is 3. The van der Waals surface area contributed by atoms with Crippen LogP contribution in [0.25, 0.3) is 33.3 Å². The lowest BCUT2D eigenvalue weighted by atomic mass is 9.80. The van der Waals surface area contributed by atoms with Gasteiger partial charge in [0.1, 0.15) is 17.8 Å². The second-order valence-electron chi connectivity index (χ2n) is 12.5. The van der Waals surface area contributed by atoms with Gasteiger partial charge in [-0.1, -0.05) is 96.5 Å². The van der Waals surface area contributed by atoms with E-state index in [0.717, 1.165) is 33.2 Å². The number of rotatable bonds is 9. The number of piperidine rings is 1. The van der Waals surface area contributed by atoms with Gasteiger partial charge in [-0.25, -0.2) is 9.97 Å². The molecule has 6 aromatic rings. The Morgan fingerprint density at radius 1 is 0.880 bits per heavy atom. The number of para-hydroxylation sites is 1. The van der Waals surface area contributed by atoms with E-state index >= 15 is 0 Å². The lowest BCUT2D eigenvalue weighted by Crippen LogP contribution is -2.45. The molecule has 0 atom stereocenters. The number of nitrogens with zero attached hydrogens (tertiary/aromatic N) is 4. The topological polar surface area (TPSA) is 114 Å². The molecule has 2 amide bonds. The number of halogens is 1. The molecule has 0 radical (unpaired) electrons. The number of benzene rings is 4. The Labute approximate surface area is 295 Å². The van der Waals surface area contributed by atoms with E-state index in [2.05, 4.69) is 15.3 Å². The molecule has 3 heterocycles. The molecule has 252 valence electrons. The summed E-state index contributed by atoms with van der Waals surface area (Å²) in [6.45, 7) is 2.85. The van der Waals surface area contributed by atoms with Gasteiger partial charge >= 0.3 is 0 Å². The van der Waals surface area contributed by atoms with E-state index in [9.17, 15) is 14.7 Å². The van der Waals surface area contributed by atoms with E-state index < -0.39 is 5.60 Å². The molecule has 0 aliphatic carbocycles. The number of fused-ring (bicyclic) bond motifs is 1. The maximum absolute atomic E-state index is 14.7. The predicted molar refractivity (Wildman–Crippen MR) is 197 cm³/mol. The van der Waals surface area contributed by atoms with E-state index in [1.165, 1.54) is 13.3 Å². The first-order valence-electron chi connectivity index (χ1n) is 16.7. The smallest absolute Gasteiger partial charge is 0.255 e. The maximum Gasteiger partial charge on any atom is 0.255 e. The molecular weight excluding hydrogens is 648 g/mol. The lowest BCUT2D eigenvalue weighted by Gasteiger charge is -2.40. The van der Waals surface area contributed by atoms with E-state index in [1.807, 2.05) is 119 Å². The third-order valence-electron chi connectivity index (χ3n) is 9.39. The van der Waals surface area contributed by atoms with Gasteiger partial charge in [-0.3, -0.25) is 9.59 Å². The molecule has 0 bridgehead atoms. The minimum Gasteiger partial charge on any atom is -0.385 e. The Kier molecular flexibility index (Phi) is 9.34. The summed E-state index contributed by atoms with van der Waals surface area (Å²) < 4.78 is 0. The van der Waals surface area contributed by atoms with Gasteiger partial charge in [0.25, 0.3) is 5.91 Å². The summed E-state index contributed by atoms with van der Waals surface area (Å²) in [6.07, 6.45) is 4.02. The van der Waals surface area contributed by atoms with Gasteiger partial charge in [-0.15, -0.1) is 0 Å². The molecule has 0 saturated carbocycles. The van der Waals surface area contributed by atoms with Crippen molar-refractivity contribution in [2.45, 2.75) is 25.4 Å². The Hall–Kier alpha value is -5.51. The standard InChI is InChI=1S/C40H37ClN6O3/c1-27(48)42-22-25-47(38-33-18-21-43-37(33)44-26-45-38)36-29(28-10-3-2-4-11-28)14-9-15-32(36)39(49)46-23-19-40(50,20-24-46)34-16-7-5-12-30(34)31-13-6-8-17-35(31)41/h2-18,21,26,50H,19-20,22-25H2,1H3,(H,42,48)(H,43,44,45). The SMILES string of the molecule is CC(=O)NCCN(c1c(C(=O)N2CCC(O)(c3ccccc3-c3ccccc3Cl)CC2)cccc1-c1ccccc1)c1ncnc2[nH]ccc12. The molecule has 7 rings (SSSR count). The lowest BCUT2D eigenvalue weighted by molar-refractivity contribution is -0.118. The van der Waals surface area contributed by atoms with Crippen LogP contribution in [0.5, 0.6) is 0 Å². The highest BCUT2D eigenvalue weighted by atomic mass is 35.5. The van der Waals surface area contributed by atoms with Gasteiger partial charge in [0.15, 0.2) is 0 Å². The van der Waals surface area contributed by atoms with Crippen molar-refractivity contribution in [1.82, 2.24) is 25.2 Å². The number of H-pyrrole nitrogens is 1. The number of likely N-dealkylation sites (tertiary alicyclic amines) is 1. The Morgan fingerprint density at radius 2 is 1.58 bits per heavy atom. The van der Waals surface area contributed by atoms with Crippen LogP contribution < -0.4 is 10.2 Å². The fraction of sp³-hybridized carbons (Fsp3) is 0.200. The summed E-state index contributed by atoms with van der Waals surface area (Å²) in [4.78, 5) is 42.8. The minimum absolute atomic E-state index is 0.149. The number of nitrogens with one attached hydrogen (secondary N) is 2. The number of hydrogen-bond donors (Lipinski definition) is 3. The molecule has 3 N–H and O–H groups in total. The summed E-state index contributed by atoms with van der Waals surface area (Å²) in [5.41, 5.74) is 5.03. The minimum atomic E-state index is -1.15. The molecule has 1 aliphatic heterocycles. The molecule has 0 spiro atoms. The maximum atomic E-state index is 14.7. The van der Waals surface area contributed by atoms with E-state index in [4.69, 9.17) is 16.6 Å². The third-order valence-corrected chi connectivity index (χ3v) is 9.72. The molecule has 9 nitrogen and oxygen atoms in total. The summed E-state index contributed by atoms with van der Waals surface area (Å²) in [5, 5.41) is 16.4. The van der Waals surface area contributed by atoms with Gasteiger partial charge in [-0.2, -0.15) is 0 Å².